The van der Waals surface area contributed by atoms with Crippen LogP contribution in [0.1, 0.15) is 23.0 Å². The molecular weight excluding hydrogens is 276 g/mol. The van der Waals surface area contributed by atoms with Gasteiger partial charge in [0.2, 0.25) is 0 Å². The average molecular weight is 291 g/mol. The number of esters is 1. The highest BCUT2D eigenvalue weighted by atomic mass is 35.5. The van der Waals surface area contributed by atoms with Crippen LogP contribution < -0.4 is 5.73 Å². The first-order valence-electron chi connectivity index (χ1n) is 6.20. The minimum absolute atomic E-state index is 0.0312. The summed E-state index contributed by atoms with van der Waals surface area (Å²) in [5.74, 6) is -0.603. The first-order chi connectivity index (χ1) is 9.56. The lowest BCUT2D eigenvalue weighted by Gasteiger charge is -2.09. The van der Waals surface area contributed by atoms with Gasteiger partial charge in [-0.25, -0.2) is 9.78 Å². The maximum Gasteiger partial charge on any atom is 0.358 e. The lowest BCUT2D eigenvalue weighted by molar-refractivity contribution is 0.0594. The van der Waals surface area contributed by atoms with Crippen molar-refractivity contribution >= 4 is 23.3 Å². The lowest BCUT2D eigenvalue weighted by Crippen LogP contribution is -2.08. The van der Waals surface area contributed by atoms with E-state index in [2.05, 4.69) is 16.6 Å². The molecule has 1 aromatic heterocycles. The molecule has 0 aliphatic carbocycles. The van der Waals surface area contributed by atoms with Crippen LogP contribution >= 0.6 is 11.6 Å². The van der Waals surface area contributed by atoms with Crippen molar-refractivity contribution in [1.29, 1.82) is 0 Å². The van der Waals surface area contributed by atoms with Gasteiger partial charge in [0, 0.05) is 5.56 Å². The Labute approximate surface area is 122 Å². The van der Waals surface area contributed by atoms with Gasteiger partial charge in [-0.2, -0.15) is 0 Å². The molecule has 2 rings (SSSR count). The van der Waals surface area contributed by atoms with Gasteiger partial charge >= 0.3 is 5.97 Å². The van der Waals surface area contributed by atoms with E-state index >= 15 is 0 Å². The number of halogens is 1. The number of rotatable bonds is 3. The van der Waals surface area contributed by atoms with Crippen molar-refractivity contribution in [3.8, 4) is 11.3 Å². The summed E-state index contributed by atoms with van der Waals surface area (Å²) < 4.78 is 4.66. The zero-order valence-corrected chi connectivity index (χ0v) is 12.1. The van der Waals surface area contributed by atoms with Crippen LogP contribution in [-0.4, -0.2) is 18.1 Å². The Hall–Kier alpha value is -2.07. The smallest absolute Gasteiger partial charge is 0.358 e. The van der Waals surface area contributed by atoms with Crippen LogP contribution in [0.15, 0.2) is 30.3 Å². The van der Waals surface area contributed by atoms with E-state index in [9.17, 15) is 4.79 Å². The normalized spacial score (nSPS) is 10.3. The van der Waals surface area contributed by atoms with Gasteiger partial charge in [0.15, 0.2) is 5.69 Å². The van der Waals surface area contributed by atoms with Crippen LogP contribution in [-0.2, 0) is 11.2 Å². The maximum atomic E-state index is 11.6. The van der Waals surface area contributed by atoms with Crippen molar-refractivity contribution in [2.45, 2.75) is 13.3 Å². The van der Waals surface area contributed by atoms with Crippen LogP contribution in [0.2, 0.25) is 5.02 Å². The van der Waals surface area contributed by atoms with Gasteiger partial charge in [0.1, 0.15) is 0 Å². The van der Waals surface area contributed by atoms with Gasteiger partial charge in [-0.3, -0.25) is 0 Å². The fraction of sp³-hybridized carbons (Fsp3) is 0.200. The Balaban J connectivity index is 2.51. The number of carbonyl (C=O) groups excluding carboxylic acids is 1. The number of aryl methyl sites for hydroxylation is 1. The number of carbonyl (C=O) groups is 1. The van der Waals surface area contributed by atoms with Gasteiger partial charge in [0.25, 0.3) is 0 Å². The third-order valence-electron chi connectivity index (χ3n) is 3.02. The molecule has 104 valence electrons. The first kappa shape index (κ1) is 14.3. The fourth-order valence-electron chi connectivity index (χ4n) is 1.84. The summed E-state index contributed by atoms with van der Waals surface area (Å²) in [7, 11) is 1.28. The van der Waals surface area contributed by atoms with Crippen molar-refractivity contribution in [2.75, 3.05) is 12.8 Å². The summed E-state index contributed by atoms with van der Waals surface area (Å²) in [6.07, 6.45) is 0.962. The van der Waals surface area contributed by atoms with Crippen molar-refractivity contribution in [3.63, 3.8) is 0 Å². The van der Waals surface area contributed by atoms with Crippen molar-refractivity contribution < 1.29 is 9.53 Å². The molecule has 0 bridgehead atoms. The Morgan fingerprint density at radius 1 is 1.35 bits per heavy atom. The minimum Gasteiger partial charge on any atom is -0.464 e. The highest BCUT2D eigenvalue weighted by Gasteiger charge is 2.17. The van der Waals surface area contributed by atoms with E-state index in [1.165, 1.54) is 12.7 Å². The molecule has 2 N–H and O–H groups in total. The topological polar surface area (TPSA) is 65.2 Å². The number of hydrogen-bond donors (Lipinski definition) is 1. The van der Waals surface area contributed by atoms with Crippen LogP contribution in [0.25, 0.3) is 11.3 Å². The van der Waals surface area contributed by atoms with Crippen molar-refractivity contribution in [3.05, 3.63) is 46.6 Å². The van der Waals surface area contributed by atoms with Crippen molar-refractivity contribution in [2.24, 2.45) is 0 Å². The third-order valence-corrected chi connectivity index (χ3v) is 3.42. The van der Waals surface area contributed by atoms with Crippen LogP contribution in [0, 0.1) is 0 Å². The molecule has 0 unspecified atom stereocenters. The number of nitrogens with two attached hydrogens (primary N) is 1. The predicted octanol–water partition coefficient (Wildman–Crippen LogP) is 3.33. The van der Waals surface area contributed by atoms with Gasteiger partial charge in [-0.1, -0.05) is 42.8 Å². The second-order valence-electron chi connectivity index (χ2n) is 4.30. The van der Waals surface area contributed by atoms with E-state index in [4.69, 9.17) is 17.3 Å². The van der Waals surface area contributed by atoms with E-state index in [0.29, 0.717) is 11.4 Å². The highest BCUT2D eigenvalue weighted by Crippen LogP contribution is 2.28. The van der Waals surface area contributed by atoms with Crippen LogP contribution in [0.4, 0.5) is 5.69 Å². The number of hydrogen-bond acceptors (Lipinski definition) is 4. The average Bonchev–Trinajstić information content (AvgIpc) is 2.49. The van der Waals surface area contributed by atoms with Crippen molar-refractivity contribution in [1.82, 2.24) is 4.98 Å². The molecule has 5 heteroatoms. The Bertz CT molecular complexity index is 639. The lowest BCUT2D eigenvalue weighted by atomic mass is 10.1. The summed E-state index contributed by atoms with van der Waals surface area (Å²) in [4.78, 5) is 15.9. The third kappa shape index (κ3) is 2.75. The second kappa shape index (κ2) is 5.92. The quantitative estimate of drug-likeness (QED) is 0.881. The van der Waals surface area contributed by atoms with Crippen LogP contribution in [0.5, 0.6) is 0 Å². The predicted molar refractivity (Wildman–Crippen MR) is 79.8 cm³/mol. The summed E-state index contributed by atoms with van der Waals surface area (Å²) >= 11 is 5.99. The number of pyridine rings is 1. The summed E-state index contributed by atoms with van der Waals surface area (Å²) in [6, 6.07) is 9.56. The zero-order valence-electron chi connectivity index (χ0n) is 11.3. The van der Waals surface area contributed by atoms with E-state index in [1.807, 2.05) is 24.3 Å². The summed E-state index contributed by atoms with van der Waals surface area (Å²) in [6.45, 7) is 2.09. The Morgan fingerprint density at radius 3 is 2.55 bits per heavy atom. The number of nitrogen functional groups attached to an aromatic ring is 1. The molecule has 0 saturated carbocycles. The molecule has 2 aromatic rings. The molecule has 0 saturated heterocycles. The van der Waals surface area contributed by atoms with Gasteiger partial charge < -0.3 is 10.5 Å². The molecule has 0 fully saturated rings. The van der Waals surface area contributed by atoms with Gasteiger partial charge in [-0.05, 0) is 18.1 Å². The van der Waals surface area contributed by atoms with E-state index in [0.717, 1.165) is 12.0 Å². The van der Waals surface area contributed by atoms with Gasteiger partial charge in [-0.15, -0.1) is 0 Å². The maximum absolute atomic E-state index is 11.6. The summed E-state index contributed by atoms with van der Waals surface area (Å²) in [5.41, 5.74) is 8.85. The molecule has 1 aromatic carbocycles. The molecule has 4 nitrogen and oxygen atoms in total. The number of benzene rings is 1. The molecule has 1 heterocycles. The first-order valence-corrected chi connectivity index (χ1v) is 6.58. The molecular formula is C15H15ClN2O2. The molecule has 0 aliphatic rings. The number of nitrogens with zero attached hydrogens (tertiary/aromatic N) is 1. The zero-order chi connectivity index (χ0) is 14.7. The van der Waals surface area contributed by atoms with E-state index in [1.54, 1.807) is 6.07 Å². The number of aromatic nitrogens is 1. The second-order valence-corrected chi connectivity index (χ2v) is 4.68. The van der Waals surface area contributed by atoms with E-state index < -0.39 is 5.97 Å². The molecule has 20 heavy (non-hydrogen) atoms. The van der Waals surface area contributed by atoms with Gasteiger partial charge in [0.05, 0.1) is 23.5 Å². The Kier molecular flexibility index (Phi) is 4.25. The molecule has 0 aliphatic heterocycles. The number of anilines is 1. The van der Waals surface area contributed by atoms with E-state index in [-0.39, 0.29) is 10.7 Å². The SMILES string of the molecule is CCc1ccc(-c2cc(N)c(Cl)c(C(=O)OC)n2)cc1. The standard InChI is InChI=1S/C15H15ClN2O2/c1-3-9-4-6-10(7-5-9)12-8-11(17)13(16)14(18-12)15(19)20-2/h4-8H,3H2,1-2H3,(H2,17,18). The fourth-order valence-corrected chi connectivity index (χ4v) is 2.01. The molecule has 0 spiro atoms. The monoisotopic (exact) mass is 290 g/mol. The number of methoxy groups -OCH3 is 1. The molecule has 0 amide bonds. The molecule has 0 radical (unpaired) electrons. The Morgan fingerprint density at radius 2 is 2.00 bits per heavy atom. The minimum atomic E-state index is -0.603. The summed E-state index contributed by atoms with van der Waals surface area (Å²) in [5, 5.41) is 0.116. The largest absolute Gasteiger partial charge is 0.464 e. The molecule has 0 atom stereocenters. The number of ether oxygens (including phenoxy) is 1. The highest BCUT2D eigenvalue weighted by molar-refractivity contribution is 6.35. The van der Waals surface area contributed by atoms with Crippen LogP contribution in [0.3, 0.4) is 0 Å².